The Balaban J connectivity index is 2.13. The highest BCUT2D eigenvalue weighted by molar-refractivity contribution is 7.12. The lowest BCUT2D eigenvalue weighted by molar-refractivity contribution is 0.100. The zero-order valence-corrected chi connectivity index (χ0v) is 14.1. The average molecular weight is 328 g/mol. The number of benzene rings is 1. The molecule has 0 unspecified atom stereocenters. The quantitative estimate of drug-likeness (QED) is 0.704. The summed E-state index contributed by atoms with van der Waals surface area (Å²) >= 11 is 2.99. The number of carbonyl (C=O) groups is 1. The fourth-order valence-corrected chi connectivity index (χ4v) is 4.07. The molecule has 5 heteroatoms. The number of aromatic nitrogens is 1. The summed E-state index contributed by atoms with van der Waals surface area (Å²) in [6.07, 6.45) is 0. The predicted octanol–water partition coefficient (Wildman–Crippen LogP) is 4.35. The topological polar surface area (TPSA) is 34.4 Å². The highest BCUT2D eigenvalue weighted by atomic mass is 32.1. The first-order valence-corrected chi connectivity index (χ1v) is 8.78. The number of thiophene rings is 1. The molecule has 0 radical (unpaired) electrons. The lowest BCUT2D eigenvalue weighted by Gasteiger charge is -2.07. The molecule has 2 aromatic heterocycles. The van der Waals surface area contributed by atoms with Crippen LogP contribution in [0, 0.1) is 6.92 Å². The Bertz CT molecular complexity index is 843. The first-order chi connectivity index (χ1) is 10.7. The highest BCUT2D eigenvalue weighted by Gasteiger charge is 2.13. The summed E-state index contributed by atoms with van der Waals surface area (Å²) in [7, 11) is 0. The van der Waals surface area contributed by atoms with E-state index in [0.29, 0.717) is 4.88 Å². The van der Waals surface area contributed by atoms with E-state index in [9.17, 15) is 4.79 Å². The van der Waals surface area contributed by atoms with Crippen LogP contribution < -0.4 is 4.80 Å². The zero-order valence-electron chi connectivity index (χ0n) is 12.4. The highest BCUT2D eigenvalue weighted by Crippen LogP contribution is 2.25. The number of nitrogens with zero attached hydrogens (tertiary/aromatic N) is 2. The van der Waals surface area contributed by atoms with Crippen molar-refractivity contribution in [2.45, 2.75) is 20.4 Å². The van der Waals surface area contributed by atoms with Gasteiger partial charge in [0.1, 0.15) is 0 Å². The number of aryl methyl sites for hydroxylation is 1. The van der Waals surface area contributed by atoms with Crippen molar-refractivity contribution in [2.75, 3.05) is 0 Å². The third-order valence-electron chi connectivity index (χ3n) is 3.37. The van der Waals surface area contributed by atoms with Crippen molar-refractivity contribution >= 4 is 28.6 Å². The molecule has 0 aliphatic rings. The summed E-state index contributed by atoms with van der Waals surface area (Å²) in [5.41, 5.74) is 2.30. The fourth-order valence-electron chi connectivity index (χ4n) is 2.40. The number of amides is 1. The van der Waals surface area contributed by atoms with Gasteiger partial charge in [0.25, 0.3) is 5.91 Å². The first kappa shape index (κ1) is 14.9. The second-order valence-corrected chi connectivity index (χ2v) is 6.92. The summed E-state index contributed by atoms with van der Waals surface area (Å²) in [5.74, 6) is -0.168. The Kier molecular flexibility index (Phi) is 4.36. The average Bonchev–Trinajstić information content (AvgIpc) is 3.16. The third-order valence-corrected chi connectivity index (χ3v) is 5.22. The van der Waals surface area contributed by atoms with Crippen molar-refractivity contribution in [1.82, 2.24) is 4.57 Å². The lowest BCUT2D eigenvalue weighted by atomic mass is 10.1. The zero-order chi connectivity index (χ0) is 15.5. The monoisotopic (exact) mass is 328 g/mol. The largest absolute Gasteiger partial charge is 0.316 e. The Morgan fingerprint density at radius 1 is 1.18 bits per heavy atom. The van der Waals surface area contributed by atoms with Crippen molar-refractivity contribution in [1.29, 1.82) is 0 Å². The van der Waals surface area contributed by atoms with E-state index in [-0.39, 0.29) is 5.91 Å². The van der Waals surface area contributed by atoms with Crippen molar-refractivity contribution in [2.24, 2.45) is 4.99 Å². The summed E-state index contributed by atoms with van der Waals surface area (Å²) in [6, 6.07) is 13.9. The van der Waals surface area contributed by atoms with Crippen molar-refractivity contribution in [3.63, 3.8) is 0 Å². The molecule has 0 atom stereocenters. The van der Waals surface area contributed by atoms with E-state index < -0.39 is 0 Å². The van der Waals surface area contributed by atoms with Crippen molar-refractivity contribution in [3.05, 3.63) is 62.4 Å². The van der Waals surface area contributed by atoms with E-state index in [1.807, 2.05) is 35.7 Å². The van der Waals surface area contributed by atoms with Gasteiger partial charge in [-0.25, -0.2) is 0 Å². The third kappa shape index (κ3) is 2.82. The van der Waals surface area contributed by atoms with Crippen LogP contribution in [0.2, 0.25) is 0 Å². The van der Waals surface area contributed by atoms with Crippen LogP contribution in [0.1, 0.15) is 21.5 Å². The van der Waals surface area contributed by atoms with Gasteiger partial charge >= 0.3 is 0 Å². The van der Waals surface area contributed by atoms with Crippen LogP contribution in [0.3, 0.4) is 0 Å². The van der Waals surface area contributed by atoms with E-state index in [1.54, 1.807) is 11.3 Å². The van der Waals surface area contributed by atoms with Crippen LogP contribution >= 0.6 is 22.7 Å². The minimum Gasteiger partial charge on any atom is -0.316 e. The molecule has 3 rings (SSSR count). The van der Waals surface area contributed by atoms with Crippen LogP contribution in [0.15, 0.2) is 52.8 Å². The second kappa shape index (κ2) is 6.42. The van der Waals surface area contributed by atoms with E-state index >= 15 is 0 Å². The first-order valence-electron chi connectivity index (χ1n) is 7.09. The number of hydrogen-bond donors (Lipinski definition) is 0. The Morgan fingerprint density at radius 3 is 2.59 bits per heavy atom. The summed E-state index contributed by atoms with van der Waals surface area (Å²) < 4.78 is 2.11. The van der Waals surface area contributed by atoms with Crippen LogP contribution in [-0.2, 0) is 6.54 Å². The van der Waals surface area contributed by atoms with Crippen molar-refractivity contribution < 1.29 is 4.79 Å². The molecule has 3 nitrogen and oxygen atoms in total. The van der Waals surface area contributed by atoms with E-state index in [0.717, 1.165) is 22.6 Å². The molecular weight excluding hydrogens is 312 g/mol. The van der Waals surface area contributed by atoms with Crippen LogP contribution in [0.25, 0.3) is 11.3 Å². The Morgan fingerprint density at radius 2 is 1.95 bits per heavy atom. The van der Waals surface area contributed by atoms with Crippen LogP contribution in [0.4, 0.5) is 0 Å². The van der Waals surface area contributed by atoms with Gasteiger partial charge in [0.15, 0.2) is 4.80 Å². The summed E-state index contributed by atoms with van der Waals surface area (Å²) in [5, 5.41) is 1.89. The minimum atomic E-state index is -0.168. The standard InChI is InChI=1S/C17H16N2OS2/c1-3-19-15(13-8-5-4-6-9-13)12(2)22-17(19)18-16(20)14-10-7-11-21-14/h4-11H,3H2,1-2H3. The normalized spacial score (nSPS) is 11.8. The summed E-state index contributed by atoms with van der Waals surface area (Å²) in [6.45, 7) is 4.94. The van der Waals surface area contributed by atoms with Crippen LogP contribution in [0.5, 0.6) is 0 Å². The van der Waals surface area contributed by atoms with E-state index in [4.69, 9.17) is 0 Å². The van der Waals surface area contributed by atoms with Gasteiger partial charge < -0.3 is 4.57 Å². The number of rotatable bonds is 3. The molecule has 0 aliphatic heterocycles. The van der Waals surface area contributed by atoms with E-state index in [2.05, 4.69) is 35.5 Å². The molecule has 112 valence electrons. The van der Waals surface area contributed by atoms with Gasteiger partial charge in [-0.1, -0.05) is 36.4 Å². The van der Waals surface area contributed by atoms with Gasteiger partial charge in [0.05, 0.1) is 10.6 Å². The van der Waals surface area contributed by atoms with Crippen LogP contribution in [-0.4, -0.2) is 10.5 Å². The molecule has 0 saturated carbocycles. The molecule has 0 saturated heterocycles. The van der Waals surface area contributed by atoms with Gasteiger partial charge in [-0.15, -0.1) is 22.7 Å². The second-order valence-electron chi connectivity index (χ2n) is 4.79. The number of hydrogen-bond acceptors (Lipinski definition) is 3. The molecule has 2 heterocycles. The van der Waals surface area contributed by atoms with Crippen molar-refractivity contribution in [3.8, 4) is 11.3 Å². The van der Waals surface area contributed by atoms with Gasteiger partial charge in [-0.3, -0.25) is 4.79 Å². The SMILES string of the molecule is CCn1c(-c2ccccc2)c(C)sc1=NC(=O)c1cccs1. The predicted molar refractivity (Wildman–Crippen MR) is 92.4 cm³/mol. The Labute approximate surface area is 137 Å². The van der Waals surface area contributed by atoms with Gasteiger partial charge in [0, 0.05) is 11.4 Å². The molecule has 0 fully saturated rings. The molecule has 1 aromatic carbocycles. The maximum Gasteiger partial charge on any atom is 0.289 e. The van der Waals surface area contributed by atoms with Gasteiger partial charge in [-0.2, -0.15) is 4.99 Å². The lowest BCUT2D eigenvalue weighted by Crippen LogP contribution is -2.16. The smallest absolute Gasteiger partial charge is 0.289 e. The van der Waals surface area contributed by atoms with Gasteiger partial charge in [-0.05, 0) is 30.9 Å². The molecule has 0 aliphatic carbocycles. The van der Waals surface area contributed by atoms with E-state index in [1.165, 1.54) is 16.2 Å². The molecule has 0 spiro atoms. The molecule has 3 aromatic rings. The summed E-state index contributed by atoms with van der Waals surface area (Å²) in [4.78, 5) is 19.2. The molecule has 0 bridgehead atoms. The number of thiazole rings is 1. The maximum absolute atomic E-state index is 12.2. The molecule has 1 amide bonds. The maximum atomic E-state index is 12.2. The Hall–Kier alpha value is -1.98. The molecular formula is C17H16N2OS2. The molecule has 22 heavy (non-hydrogen) atoms. The van der Waals surface area contributed by atoms with Gasteiger partial charge in [0.2, 0.25) is 0 Å². The fraction of sp³-hybridized carbons (Fsp3) is 0.176. The molecule has 0 N–H and O–H groups in total. The minimum absolute atomic E-state index is 0.168. The number of carbonyl (C=O) groups excluding carboxylic acids is 1.